The van der Waals surface area contributed by atoms with E-state index >= 15 is 0 Å². The third-order valence-electron chi connectivity index (χ3n) is 4.18. The van der Waals surface area contributed by atoms with Crippen LogP contribution < -0.4 is 11.1 Å². The van der Waals surface area contributed by atoms with E-state index in [0.29, 0.717) is 25.9 Å². The van der Waals surface area contributed by atoms with Gasteiger partial charge in [0.05, 0.1) is 19.2 Å². The molecule has 0 aromatic heterocycles. The van der Waals surface area contributed by atoms with Crippen molar-refractivity contribution in [3.63, 3.8) is 0 Å². The standard InChI is InChI=1S/C14H21N5O3/c15-7-10-3-1-5-18(10)12(20)8-17-9-13(21)19-6-2-4-11(19)14(16)22/h10-11,17H,1-6,8-9H2,(H2,16,22)/t10-,11-/m0/s1. The molecule has 0 aliphatic carbocycles. The van der Waals surface area contributed by atoms with Crippen LogP contribution in [0.25, 0.3) is 0 Å². The maximum atomic E-state index is 12.1. The maximum Gasteiger partial charge on any atom is 0.240 e. The largest absolute Gasteiger partial charge is 0.368 e. The van der Waals surface area contributed by atoms with Crippen LogP contribution >= 0.6 is 0 Å². The highest BCUT2D eigenvalue weighted by molar-refractivity contribution is 5.88. The Morgan fingerprint density at radius 2 is 1.68 bits per heavy atom. The van der Waals surface area contributed by atoms with Gasteiger partial charge in [0.25, 0.3) is 0 Å². The summed E-state index contributed by atoms with van der Waals surface area (Å²) in [6.07, 6.45) is 2.89. The van der Waals surface area contributed by atoms with E-state index in [1.807, 2.05) is 0 Å². The van der Waals surface area contributed by atoms with Crippen molar-refractivity contribution >= 4 is 17.7 Å². The van der Waals surface area contributed by atoms with E-state index in [1.54, 1.807) is 4.90 Å². The van der Waals surface area contributed by atoms with Crippen molar-refractivity contribution in [1.82, 2.24) is 15.1 Å². The van der Waals surface area contributed by atoms with E-state index in [1.165, 1.54) is 4.90 Å². The molecule has 120 valence electrons. The second-order valence-corrected chi connectivity index (χ2v) is 5.63. The van der Waals surface area contributed by atoms with Gasteiger partial charge in [-0.25, -0.2) is 0 Å². The number of carbonyl (C=O) groups excluding carboxylic acids is 3. The van der Waals surface area contributed by atoms with Crippen LogP contribution in [0, 0.1) is 11.3 Å². The SMILES string of the molecule is N#C[C@@H]1CCCN1C(=O)CNCC(=O)N1CCC[C@H]1C(N)=O. The third kappa shape index (κ3) is 3.54. The lowest BCUT2D eigenvalue weighted by atomic mass is 10.2. The number of nitrogens with two attached hydrogens (primary N) is 1. The van der Waals surface area contributed by atoms with Crippen LogP contribution in [-0.2, 0) is 14.4 Å². The van der Waals surface area contributed by atoms with Crippen LogP contribution in [-0.4, -0.2) is 65.8 Å². The van der Waals surface area contributed by atoms with Crippen molar-refractivity contribution in [1.29, 1.82) is 5.26 Å². The summed E-state index contributed by atoms with van der Waals surface area (Å²) in [4.78, 5) is 38.3. The molecule has 0 aromatic rings. The molecule has 3 N–H and O–H groups in total. The minimum atomic E-state index is -0.536. The monoisotopic (exact) mass is 307 g/mol. The molecule has 2 aliphatic rings. The van der Waals surface area contributed by atoms with E-state index in [9.17, 15) is 14.4 Å². The predicted octanol–water partition coefficient (Wildman–Crippen LogP) is -1.43. The van der Waals surface area contributed by atoms with Gasteiger partial charge in [0.2, 0.25) is 17.7 Å². The van der Waals surface area contributed by atoms with Crippen LogP contribution in [0.15, 0.2) is 0 Å². The van der Waals surface area contributed by atoms with Gasteiger partial charge in [0, 0.05) is 13.1 Å². The molecular weight excluding hydrogens is 286 g/mol. The third-order valence-corrected chi connectivity index (χ3v) is 4.18. The van der Waals surface area contributed by atoms with Crippen molar-refractivity contribution in [3.8, 4) is 6.07 Å². The lowest BCUT2D eigenvalue weighted by Gasteiger charge is -2.23. The number of hydrogen-bond acceptors (Lipinski definition) is 5. The van der Waals surface area contributed by atoms with Gasteiger partial charge in [-0.1, -0.05) is 0 Å². The topological polar surface area (TPSA) is 120 Å². The summed E-state index contributed by atoms with van der Waals surface area (Å²) in [5.74, 6) is -0.895. The number of rotatable bonds is 5. The van der Waals surface area contributed by atoms with E-state index in [4.69, 9.17) is 11.0 Å². The summed E-state index contributed by atoms with van der Waals surface area (Å²) in [6.45, 7) is 1.10. The number of nitrogens with zero attached hydrogens (tertiary/aromatic N) is 3. The lowest BCUT2D eigenvalue weighted by molar-refractivity contribution is -0.136. The number of nitriles is 1. The molecule has 2 saturated heterocycles. The van der Waals surface area contributed by atoms with Gasteiger partial charge >= 0.3 is 0 Å². The lowest BCUT2D eigenvalue weighted by Crippen LogP contribution is -2.48. The highest BCUT2D eigenvalue weighted by Gasteiger charge is 2.32. The summed E-state index contributed by atoms with van der Waals surface area (Å²) in [5, 5.41) is 11.8. The molecule has 2 rings (SSSR count). The second-order valence-electron chi connectivity index (χ2n) is 5.63. The molecule has 0 bridgehead atoms. The van der Waals surface area contributed by atoms with Gasteiger partial charge in [-0.15, -0.1) is 0 Å². The summed E-state index contributed by atoms with van der Waals surface area (Å²) in [6, 6.07) is 1.21. The molecule has 22 heavy (non-hydrogen) atoms. The molecule has 8 heteroatoms. The fraction of sp³-hybridized carbons (Fsp3) is 0.714. The first kappa shape index (κ1) is 16.2. The fourth-order valence-corrected chi connectivity index (χ4v) is 3.04. The number of hydrogen-bond donors (Lipinski definition) is 2. The Hall–Kier alpha value is -2.14. The summed E-state index contributed by atoms with van der Waals surface area (Å²) in [7, 11) is 0. The average molecular weight is 307 g/mol. The zero-order valence-electron chi connectivity index (χ0n) is 12.5. The number of primary amides is 1. The summed E-state index contributed by atoms with van der Waals surface area (Å²) >= 11 is 0. The first-order valence-corrected chi connectivity index (χ1v) is 7.53. The Balaban J connectivity index is 1.76. The van der Waals surface area contributed by atoms with E-state index < -0.39 is 11.9 Å². The minimum absolute atomic E-state index is 0.0129. The maximum absolute atomic E-state index is 12.1. The number of amides is 3. The Bertz CT molecular complexity index is 501. The number of likely N-dealkylation sites (tertiary alicyclic amines) is 2. The zero-order valence-corrected chi connectivity index (χ0v) is 12.5. The van der Waals surface area contributed by atoms with Crippen LogP contribution in [0.1, 0.15) is 25.7 Å². The molecule has 0 unspecified atom stereocenters. The van der Waals surface area contributed by atoms with Gasteiger partial charge < -0.3 is 15.5 Å². The van der Waals surface area contributed by atoms with Crippen molar-refractivity contribution < 1.29 is 14.4 Å². The zero-order chi connectivity index (χ0) is 16.1. The normalized spacial score (nSPS) is 24.3. The molecule has 2 aliphatic heterocycles. The highest BCUT2D eigenvalue weighted by atomic mass is 16.2. The molecule has 2 fully saturated rings. The molecule has 3 amide bonds. The smallest absolute Gasteiger partial charge is 0.240 e. The fourth-order valence-electron chi connectivity index (χ4n) is 3.04. The minimum Gasteiger partial charge on any atom is -0.368 e. The molecule has 0 radical (unpaired) electrons. The molecule has 0 saturated carbocycles. The Morgan fingerprint density at radius 3 is 2.32 bits per heavy atom. The van der Waals surface area contributed by atoms with Crippen LogP contribution in [0.3, 0.4) is 0 Å². The van der Waals surface area contributed by atoms with Gasteiger partial charge in [0.1, 0.15) is 12.1 Å². The van der Waals surface area contributed by atoms with Crippen molar-refractivity contribution in [2.75, 3.05) is 26.2 Å². The molecule has 0 aromatic carbocycles. The van der Waals surface area contributed by atoms with E-state index in [0.717, 1.165) is 12.8 Å². The molecule has 8 nitrogen and oxygen atoms in total. The van der Waals surface area contributed by atoms with Gasteiger partial charge in [0.15, 0.2) is 0 Å². The summed E-state index contributed by atoms with van der Waals surface area (Å²) < 4.78 is 0. The van der Waals surface area contributed by atoms with Gasteiger partial charge in [-0.2, -0.15) is 5.26 Å². The average Bonchev–Trinajstić information content (AvgIpc) is 3.15. The van der Waals surface area contributed by atoms with Crippen LogP contribution in [0.5, 0.6) is 0 Å². The van der Waals surface area contributed by atoms with Gasteiger partial charge in [-0.3, -0.25) is 19.7 Å². The van der Waals surface area contributed by atoms with E-state index in [-0.39, 0.29) is 30.9 Å². The van der Waals surface area contributed by atoms with Crippen molar-refractivity contribution in [2.45, 2.75) is 37.8 Å². The summed E-state index contributed by atoms with van der Waals surface area (Å²) in [5.41, 5.74) is 5.27. The van der Waals surface area contributed by atoms with Crippen LogP contribution in [0.4, 0.5) is 0 Å². The quantitative estimate of drug-likeness (QED) is 0.645. The van der Waals surface area contributed by atoms with Crippen molar-refractivity contribution in [2.24, 2.45) is 5.73 Å². The molecule has 2 atom stereocenters. The predicted molar refractivity (Wildman–Crippen MR) is 77.1 cm³/mol. The first-order valence-electron chi connectivity index (χ1n) is 7.53. The van der Waals surface area contributed by atoms with E-state index in [2.05, 4.69) is 11.4 Å². The van der Waals surface area contributed by atoms with Crippen LogP contribution in [0.2, 0.25) is 0 Å². The first-order chi connectivity index (χ1) is 10.5. The molecule has 0 spiro atoms. The Morgan fingerprint density at radius 1 is 1.09 bits per heavy atom. The molecule has 2 heterocycles. The number of nitrogens with one attached hydrogen (secondary N) is 1. The Labute approximate surface area is 129 Å². The number of carbonyl (C=O) groups is 3. The van der Waals surface area contributed by atoms with Gasteiger partial charge in [-0.05, 0) is 25.7 Å². The Kier molecular flexibility index (Phi) is 5.33. The van der Waals surface area contributed by atoms with Crippen molar-refractivity contribution in [3.05, 3.63) is 0 Å². The molecular formula is C14H21N5O3. The highest BCUT2D eigenvalue weighted by Crippen LogP contribution is 2.17. The second kappa shape index (κ2) is 7.22.